The number of nitrogens with two attached hydrogens (primary N) is 1. The van der Waals surface area contributed by atoms with Crippen molar-refractivity contribution < 1.29 is 9.59 Å². The van der Waals surface area contributed by atoms with Crippen molar-refractivity contribution in [2.45, 2.75) is 39.3 Å². The van der Waals surface area contributed by atoms with Crippen molar-refractivity contribution in [2.75, 3.05) is 6.54 Å². The smallest absolute Gasteiger partial charge is 0.272 e. The molecule has 24 heavy (non-hydrogen) atoms. The van der Waals surface area contributed by atoms with Crippen LogP contribution in [0.4, 0.5) is 0 Å². The molecule has 1 aliphatic heterocycles. The molecule has 2 aromatic rings. The molecule has 0 aliphatic carbocycles. The first-order valence-corrected chi connectivity index (χ1v) is 8.03. The minimum atomic E-state index is -0.551. The highest BCUT2D eigenvalue weighted by Crippen LogP contribution is 2.21. The van der Waals surface area contributed by atoms with Gasteiger partial charge in [0.05, 0.1) is 23.8 Å². The fraction of sp³-hybridized carbons (Fsp3) is 0.412. The summed E-state index contributed by atoms with van der Waals surface area (Å²) in [6.45, 7) is 5.38. The van der Waals surface area contributed by atoms with Crippen molar-refractivity contribution in [3.63, 3.8) is 0 Å². The number of aryl methyl sites for hydroxylation is 2. The Morgan fingerprint density at radius 3 is 2.71 bits per heavy atom. The average Bonchev–Trinajstić information content (AvgIpc) is 3.13. The fourth-order valence-electron chi connectivity index (χ4n) is 3.17. The second-order valence-electron chi connectivity index (χ2n) is 6.20. The van der Waals surface area contributed by atoms with Crippen molar-refractivity contribution in [2.24, 2.45) is 5.73 Å². The molecule has 126 valence electrons. The third kappa shape index (κ3) is 3.15. The maximum absolute atomic E-state index is 12.7. The molecule has 1 aliphatic rings. The van der Waals surface area contributed by atoms with Gasteiger partial charge in [-0.15, -0.1) is 0 Å². The number of aromatic nitrogens is 3. The van der Waals surface area contributed by atoms with E-state index in [1.54, 1.807) is 6.07 Å². The number of primary amides is 1. The molecule has 0 saturated carbocycles. The number of likely N-dealkylation sites (tertiary alicyclic amines) is 1. The molecule has 7 nitrogen and oxygen atoms in total. The maximum atomic E-state index is 12.7. The van der Waals surface area contributed by atoms with Gasteiger partial charge in [0.15, 0.2) is 0 Å². The normalized spacial score (nSPS) is 17.2. The number of pyridine rings is 1. The van der Waals surface area contributed by atoms with Gasteiger partial charge in [-0.2, -0.15) is 5.10 Å². The molecule has 2 amide bonds. The van der Waals surface area contributed by atoms with Crippen molar-refractivity contribution in [3.8, 4) is 0 Å². The molecule has 0 bridgehead atoms. The molecule has 0 radical (unpaired) electrons. The van der Waals surface area contributed by atoms with Crippen LogP contribution in [0.15, 0.2) is 24.4 Å². The number of carbonyl (C=O) groups is 2. The molecule has 1 atom stereocenters. The number of rotatable bonds is 4. The van der Waals surface area contributed by atoms with E-state index in [0.29, 0.717) is 24.3 Å². The van der Waals surface area contributed by atoms with Crippen LogP contribution in [0.2, 0.25) is 0 Å². The van der Waals surface area contributed by atoms with Gasteiger partial charge in [0.1, 0.15) is 5.69 Å². The molecule has 1 unspecified atom stereocenters. The van der Waals surface area contributed by atoms with Crippen LogP contribution < -0.4 is 5.73 Å². The summed E-state index contributed by atoms with van der Waals surface area (Å²) < 4.78 is 1.95. The van der Waals surface area contributed by atoms with Gasteiger partial charge in [-0.05, 0) is 44.9 Å². The molecule has 1 fully saturated rings. The molecule has 7 heteroatoms. The zero-order valence-electron chi connectivity index (χ0n) is 13.9. The van der Waals surface area contributed by atoms with Gasteiger partial charge < -0.3 is 10.6 Å². The van der Waals surface area contributed by atoms with Gasteiger partial charge in [-0.1, -0.05) is 0 Å². The highest BCUT2D eigenvalue weighted by atomic mass is 16.2. The lowest BCUT2D eigenvalue weighted by Gasteiger charge is -2.25. The van der Waals surface area contributed by atoms with E-state index >= 15 is 0 Å². The summed E-state index contributed by atoms with van der Waals surface area (Å²) in [7, 11) is 0. The van der Waals surface area contributed by atoms with Crippen molar-refractivity contribution in [1.29, 1.82) is 0 Å². The molecule has 0 spiro atoms. The Kier molecular flexibility index (Phi) is 4.33. The zero-order valence-corrected chi connectivity index (χ0v) is 13.9. The standard InChI is InChI=1S/C17H21N5O2/c1-11-8-12(2)22(20-11)10-14-4-3-7-21(14)17(24)15-6-5-13(9-19-15)16(18)23/h5-6,8-9,14H,3-4,7,10H2,1-2H3,(H2,18,23). The Morgan fingerprint density at radius 2 is 2.12 bits per heavy atom. The van der Waals surface area contributed by atoms with E-state index in [1.807, 2.05) is 29.5 Å². The van der Waals surface area contributed by atoms with Crippen LogP contribution in [-0.4, -0.2) is 44.1 Å². The lowest BCUT2D eigenvalue weighted by atomic mass is 10.2. The highest BCUT2D eigenvalue weighted by molar-refractivity contribution is 5.95. The fourth-order valence-corrected chi connectivity index (χ4v) is 3.17. The largest absolute Gasteiger partial charge is 0.366 e. The first-order valence-electron chi connectivity index (χ1n) is 8.03. The van der Waals surface area contributed by atoms with E-state index < -0.39 is 5.91 Å². The van der Waals surface area contributed by atoms with E-state index in [2.05, 4.69) is 10.1 Å². The lowest BCUT2D eigenvalue weighted by molar-refractivity contribution is 0.0714. The Hall–Kier alpha value is -2.70. The van der Waals surface area contributed by atoms with Crippen LogP contribution in [0.5, 0.6) is 0 Å². The van der Waals surface area contributed by atoms with Crippen molar-refractivity contribution in [1.82, 2.24) is 19.7 Å². The number of amides is 2. The Morgan fingerprint density at radius 1 is 1.33 bits per heavy atom. The molecule has 3 rings (SSSR count). The summed E-state index contributed by atoms with van der Waals surface area (Å²) in [5, 5.41) is 4.48. The van der Waals surface area contributed by atoms with Gasteiger partial charge in [0.2, 0.25) is 5.91 Å². The van der Waals surface area contributed by atoms with E-state index in [9.17, 15) is 9.59 Å². The topological polar surface area (TPSA) is 94.1 Å². The summed E-state index contributed by atoms with van der Waals surface area (Å²) in [5.74, 6) is -0.667. The number of hydrogen-bond donors (Lipinski definition) is 1. The Bertz CT molecular complexity index is 766. The van der Waals surface area contributed by atoms with E-state index in [0.717, 1.165) is 24.2 Å². The number of hydrogen-bond acceptors (Lipinski definition) is 4. The van der Waals surface area contributed by atoms with Crippen LogP contribution in [-0.2, 0) is 6.54 Å². The lowest BCUT2D eigenvalue weighted by Crippen LogP contribution is -2.38. The maximum Gasteiger partial charge on any atom is 0.272 e. The first-order chi connectivity index (χ1) is 11.5. The van der Waals surface area contributed by atoms with Crippen LogP contribution >= 0.6 is 0 Å². The molecule has 2 N–H and O–H groups in total. The van der Waals surface area contributed by atoms with Gasteiger partial charge >= 0.3 is 0 Å². The predicted molar refractivity (Wildman–Crippen MR) is 88.5 cm³/mol. The van der Waals surface area contributed by atoms with Gasteiger partial charge in [0, 0.05) is 18.4 Å². The second kappa shape index (κ2) is 6.43. The average molecular weight is 327 g/mol. The van der Waals surface area contributed by atoms with Crippen LogP contribution in [0.3, 0.4) is 0 Å². The first kappa shape index (κ1) is 16.2. The van der Waals surface area contributed by atoms with E-state index in [1.165, 1.54) is 12.3 Å². The van der Waals surface area contributed by atoms with E-state index in [-0.39, 0.29) is 11.9 Å². The third-order valence-corrected chi connectivity index (χ3v) is 4.39. The molecule has 1 saturated heterocycles. The minimum absolute atomic E-state index is 0.105. The predicted octanol–water partition coefficient (Wildman–Crippen LogP) is 1.30. The number of carbonyl (C=O) groups excluding carboxylic acids is 2. The van der Waals surface area contributed by atoms with Gasteiger partial charge in [-0.3, -0.25) is 19.3 Å². The summed E-state index contributed by atoms with van der Waals surface area (Å²) >= 11 is 0. The molecular formula is C17H21N5O2. The SMILES string of the molecule is Cc1cc(C)n(CC2CCCN2C(=O)c2ccc(C(N)=O)cn2)n1. The monoisotopic (exact) mass is 327 g/mol. The Labute approximate surface area is 140 Å². The minimum Gasteiger partial charge on any atom is -0.366 e. The summed E-state index contributed by atoms with van der Waals surface area (Å²) in [4.78, 5) is 29.8. The van der Waals surface area contributed by atoms with E-state index in [4.69, 9.17) is 5.73 Å². The van der Waals surface area contributed by atoms with Crippen LogP contribution in [0.1, 0.15) is 45.1 Å². The summed E-state index contributed by atoms with van der Waals surface area (Å²) in [6.07, 6.45) is 3.26. The zero-order chi connectivity index (χ0) is 17.3. The quantitative estimate of drug-likeness (QED) is 0.916. The molecule has 0 aromatic carbocycles. The summed E-state index contributed by atoms with van der Waals surface area (Å²) in [6, 6.07) is 5.23. The van der Waals surface area contributed by atoms with Gasteiger partial charge in [-0.25, -0.2) is 0 Å². The summed E-state index contributed by atoms with van der Waals surface area (Å²) in [5.41, 5.74) is 7.91. The Balaban J connectivity index is 1.75. The number of nitrogens with zero attached hydrogens (tertiary/aromatic N) is 4. The second-order valence-corrected chi connectivity index (χ2v) is 6.20. The third-order valence-electron chi connectivity index (χ3n) is 4.39. The van der Waals surface area contributed by atoms with Crippen LogP contribution in [0.25, 0.3) is 0 Å². The highest BCUT2D eigenvalue weighted by Gasteiger charge is 2.30. The van der Waals surface area contributed by atoms with Crippen molar-refractivity contribution >= 4 is 11.8 Å². The molecule has 3 heterocycles. The molecular weight excluding hydrogens is 306 g/mol. The van der Waals surface area contributed by atoms with Crippen molar-refractivity contribution in [3.05, 3.63) is 47.0 Å². The molecule has 2 aromatic heterocycles. The van der Waals surface area contributed by atoms with Gasteiger partial charge in [0.25, 0.3) is 5.91 Å². The van der Waals surface area contributed by atoms with Crippen LogP contribution in [0, 0.1) is 13.8 Å².